The monoisotopic (exact) mass is 317 g/mol. The van der Waals surface area contributed by atoms with Gasteiger partial charge in [0.05, 0.1) is 5.56 Å². The zero-order valence-electron chi connectivity index (χ0n) is 13.1. The Hall–Kier alpha value is -3.27. The number of rotatable bonds is 4. The van der Waals surface area contributed by atoms with Gasteiger partial charge in [0.2, 0.25) is 5.78 Å². The SMILES string of the molecule is C/C(=N\OC(=O)c1ccccc1)C(=O)c1ccc2ccccc2c1. The summed E-state index contributed by atoms with van der Waals surface area (Å²) in [6, 6.07) is 21.7. The van der Waals surface area contributed by atoms with E-state index in [1.54, 1.807) is 42.5 Å². The van der Waals surface area contributed by atoms with Crippen LogP contribution in [0.15, 0.2) is 78.0 Å². The van der Waals surface area contributed by atoms with Gasteiger partial charge in [-0.2, -0.15) is 0 Å². The number of carbonyl (C=O) groups is 2. The van der Waals surface area contributed by atoms with Gasteiger partial charge in [-0.1, -0.05) is 59.8 Å². The van der Waals surface area contributed by atoms with Gasteiger partial charge >= 0.3 is 5.97 Å². The molecule has 3 rings (SSSR count). The molecule has 0 bridgehead atoms. The smallest absolute Gasteiger partial charge is 0.312 e. The average molecular weight is 317 g/mol. The lowest BCUT2D eigenvalue weighted by molar-refractivity contribution is 0.0515. The van der Waals surface area contributed by atoms with Crippen LogP contribution in [0.5, 0.6) is 0 Å². The Kier molecular flexibility index (Phi) is 4.47. The third kappa shape index (κ3) is 3.38. The maximum Gasteiger partial charge on any atom is 0.365 e. The normalized spacial score (nSPS) is 11.3. The van der Waals surface area contributed by atoms with E-state index in [1.807, 2.05) is 30.3 Å². The van der Waals surface area contributed by atoms with E-state index in [0.717, 1.165) is 10.8 Å². The highest BCUT2D eigenvalue weighted by molar-refractivity contribution is 6.45. The van der Waals surface area contributed by atoms with Crippen molar-refractivity contribution in [3.63, 3.8) is 0 Å². The Bertz CT molecular complexity index is 930. The molecule has 0 unspecified atom stereocenters. The molecule has 4 nitrogen and oxygen atoms in total. The van der Waals surface area contributed by atoms with Crippen LogP contribution >= 0.6 is 0 Å². The number of nitrogens with zero attached hydrogens (tertiary/aromatic N) is 1. The van der Waals surface area contributed by atoms with Gasteiger partial charge in [0.25, 0.3) is 0 Å². The summed E-state index contributed by atoms with van der Waals surface area (Å²) in [7, 11) is 0. The molecule has 118 valence electrons. The van der Waals surface area contributed by atoms with Crippen molar-refractivity contribution in [1.82, 2.24) is 0 Å². The number of oxime groups is 1. The number of fused-ring (bicyclic) bond motifs is 1. The highest BCUT2D eigenvalue weighted by Crippen LogP contribution is 2.16. The second-order valence-corrected chi connectivity index (χ2v) is 5.31. The number of hydrogen-bond acceptors (Lipinski definition) is 4. The minimum absolute atomic E-state index is 0.120. The van der Waals surface area contributed by atoms with Crippen LogP contribution in [0, 0.1) is 0 Å². The summed E-state index contributed by atoms with van der Waals surface area (Å²) < 4.78 is 0. The molecule has 0 atom stereocenters. The van der Waals surface area contributed by atoms with E-state index in [0.29, 0.717) is 11.1 Å². The summed E-state index contributed by atoms with van der Waals surface area (Å²) in [4.78, 5) is 29.1. The Labute approximate surface area is 139 Å². The van der Waals surface area contributed by atoms with Gasteiger partial charge < -0.3 is 4.84 Å². The van der Waals surface area contributed by atoms with E-state index in [-0.39, 0.29) is 11.5 Å². The van der Waals surface area contributed by atoms with Crippen molar-refractivity contribution in [3.05, 3.63) is 83.9 Å². The number of hydrogen-bond donors (Lipinski definition) is 0. The first-order valence-corrected chi connectivity index (χ1v) is 7.49. The van der Waals surface area contributed by atoms with Crippen molar-refractivity contribution in [2.24, 2.45) is 5.16 Å². The molecule has 24 heavy (non-hydrogen) atoms. The molecule has 0 aliphatic rings. The van der Waals surface area contributed by atoms with E-state index in [4.69, 9.17) is 4.84 Å². The number of ketones is 1. The summed E-state index contributed by atoms with van der Waals surface area (Å²) in [6.07, 6.45) is 0. The standard InChI is InChI=1S/C20H15NO3/c1-14(21-24-20(23)16-8-3-2-4-9-16)19(22)18-12-11-15-7-5-6-10-17(15)13-18/h2-13H,1H3/b21-14+. The minimum atomic E-state index is -0.596. The molecule has 0 radical (unpaired) electrons. The molecule has 0 amide bonds. The Morgan fingerprint density at radius 3 is 2.21 bits per heavy atom. The summed E-state index contributed by atoms with van der Waals surface area (Å²) in [5, 5.41) is 5.70. The fourth-order valence-corrected chi connectivity index (χ4v) is 2.32. The lowest BCUT2D eigenvalue weighted by atomic mass is 10.0. The van der Waals surface area contributed by atoms with E-state index >= 15 is 0 Å². The number of benzene rings is 3. The maximum absolute atomic E-state index is 12.4. The lowest BCUT2D eigenvalue weighted by Crippen LogP contribution is -2.12. The summed E-state index contributed by atoms with van der Waals surface area (Å²) in [5.74, 6) is -0.872. The van der Waals surface area contributed by atoms with Gasteiger partial charge in [-0.15, -0.1) is 0 Å². The number of carbonyl (C=O) groups excluding carboxylic acids is 2. The van der Waals surface area contributed by atoms with E-state index in [2.05, 4.69) is 5.16 Å². The summed E-state index contributed by atoms with van der Waals surface area (Å²) in [5.41, 5.74) is 1.01. The van der Waals surface area contributed by atoms with Crippen LogP contribution in [0.25, 0.3) is 10.8 Å². The molecule has 0 saturated carbocycles. The fourth-order valence-electron chi connectivity index (χ4n) is 2.32. The van der Waals surface area contributed by atoms with Crippen molar-refractivity contribution in [2.75, 3.05) is 0 Å². The van der Waals surface area contributed by atoms with Gasteiger partial charge in [0, 0.05) is 5.56 Å². The van der Waals surface area contributed by atoms with Crippen molar-refractivity contribution in [2.45, 2.75) is 6.92 Å². The fraction of sp³-hybridized carbons (Fsp3) is 0.0500. The van der Waals surface area contributed by atoms with Crippen LogP contribution in [0.4, 0.5) is 0 Å². The van der Waals surface area contributed by atoms with Gasteiger partial charge in [-0.3, -0.25) is 4.79 Å². The molecule has 0 heterocycles. The average Bonchev–Trinajstić information content (AvgIpc) is 2.65. The second-order valence-electron chi connectivity index (χ2n) is 5.31. The van der Waals surface area contributed by atoms with Crippen molar-refractivity contribution >= 4 is 28.2 Å². The Morgan fingerprint density at radius 2 is 1.46 bits per heavy atom. The first-order valence-electron chi connectivity index (χ1n) is 7.49. The Morgan fingerprint density at radius 1 is 0.792 bits per heavy atom. The highest BCUT2D eigenvalue weighted by Gasteiger charge is 2.12. The van der Waals surface area contributed by atoms with Crippen LogP contribution in [-0.4, -0.2) is 17.5 Å². The first-order chi connectivity index (χ1) is 11.6. The molecule has 3 aromatic rings. The van der Waals surface area contributed by atoms with Crippen LogP contribution in [-0.2, 0) is 4.84 Å². The molecule has 0 aliphatic heterocycles. The van der Waals surface area contributed by atoms with Gasteiger partial charge in [-0.05, 0) is 35.9 Å². The Balaban J connectivity index is 1.76. The molecular formula is C20H15NO3. The molecule has 0 N–H and O–H groups in total. The summed E-state index contributed by atoms with van der Waals surface area (Å²) >= 11 is 0. The van der Waals surface area contributed by atoms with Crippen molar-refractivity contribution < 1.29 is 14.4 Å². The molecule has 4 heteroatoms. The van der Waals surface area contributed by atoms with Crippen molar-refractivity contribution in [3.8, 4) is 0 Å². The summed E-state index contributed by atoms with van der Waals surface area (Å²) in [6.45, 7) is 1.52. The molecule has 0 saturated heterocycles. The molecule has 0 aromatic heterocycles. The predicted molar refractivity (Wildman–Crippen MR) is 93.2 cm³/mol. The molecule has 3 aromatic carbocycles. The van der Waals surface area contributed by atoms with E-state index in [9.17, 15) is 9.59 Å². The highest BCUT2D eigenvalue weighted by atomic mass is 16.7. The quantitative estimate of drug-likeness (QED) is 0.313. The molecule has 0 aliphatic carbocycles. The topological polar surface area (TPSA) is 55.7 Å². The third-order valence-electron chi connectivity index (χ3n) is 3.62. The lowest BCUT2D eigenvalue weighted by Gasteiger charge is -2.03. The van der Waals surface area contributed by atoms with Crippen LogP contribution in [0.2, 0.25) is 0 Å². The van der Waals surface area contributed by atoms with Gasteiger partial charge in [0.15, 0.2) is 0 Å². The molecule has 0 fully saturated rings. The maximum atomic E-state index is 12.4. The first kappa shape index (κ1) is 15.6. The minimum Gasteiger partial charge on any atom is -0.312 e. The van der Waals surface area contributed by atoms with Crippen LogP contribution in [0.3, 0.4) is 0 Å². The van der Waals surface area contributed by atoms with Crippen LogP contribution in [0.1, 0.15) is 27.6 Å². The largest absolute Gasteiger partial charge is 0.365 e. The number of Topliss-reactive ketones (excluding diaryl/α,β-unsaturated/α-hetero) is 1. The van der Waals surface area contributed by atoms with Gasteiger partial charge in [0.1, 0.15) is 5.71 Å². The van der Waals surface area contributed by atoms with Gasteiger partial charge in [-0.25, -0.2) is 4.79 Å². The second kappa shape index (κ2) is 6.87. The van der Waals surface area contributed by atoms with E-state index < -0.39 is 5.97 Å². The third-order valence-corrected chi connectivity index (χ3v) is 3.62. The van der Waals surface area contributed by atoms with Crippen molar-refractivity contribution in [1.29, 1.82) is 0 Å². The zero-order chi connectivity index (χ0) is 16.9. The zero-order valence-corrected chi connectivity index (χ0v) is 13.1. The van der Waals surface area contributed by atoms with Crippen LogP contribution < -0.4 is 0 Å². The molecule has 0 spiro atoms. The molecular weight excluding hydrogens is 302 g/mol. The van der Waals surface area contributed by atoms with E-state index in [1.165, 1.54) is 6.92 Å². The predicted octanol–water partition coefficient (Wildman–Crippen LogP) is 4.26.